The van der Waals surface area contributed by atoms with Gasteiger partial charge < -0.3 is 16.0 Å². The van der Waals surface area contributed by atoms with E-state index >= 15 is 0 Å². The van der Waals surface area contributed by atoms with Crippen molar-refractivity contribution in [2.24, 2.45) is 5.73 Å². The molecule has 4 N–H and O–H groups in total. The quantitative estimate of drug-likeness (QED) is 0.714. The maximum Gasteiger partial charge on any atom is 0.321 e. The highest BCUT2D eigenvalue weighted by molar-refractivity contribution is 5.98. The van der Waals surface area contributed by atoms with Gasteiger partial charge in [0.2, 0.25) is 5.91 Å². The van der Waals surface area contributed by atoms with E-state index in [2.05, 4.69) is 10.6 Å². The normalized spacial score (nSPS) is 11.6. The summed E-state index contributed by atoms with van der Waals surface area (Å²) in [5.74, 6) is -0.342. The summed E-state index contributed by atoms with van der Waals surface area (Å²) in [7, 11) is 1.47. The first-order chi connectivity index (χ1) is 9.60. The van der Waals surface area contributed by atoms with Gasteiger partial charge in [-0.1, -0.05) is 18.2 Å². The Morgan fingerprint density at radius 2 is 1.95 bits per heavy atom. The summed E-state index contributed by atoms with van der Waals surface area (Å²) in [4.78, 5) is 25.2. The summed E-state index contributed by atoms with van der Waals surface area (Å²) < 4.78 is 0. The minimum Gasteiger partial charge on any atom is -0.360 e. The van der Waals surface area contributed by atoms with Crippen molar-refractivity contribution in [1.82, 2.24) is 10.6 Å². The van der Waals surface area contributed by atoms with Crippen molar-refractivity contribution in [3.8, 4) is 0 Å². The molecular formula is C14H22N4O2. The molecule has 0 fully saturated rings. The molecule has 6 nitrogen and oxygen atoms in total. The molecule has 0 aliphatic rings. The molecule has 1 aromatic carbocycles. The number of rotatable bonds is 6. The first-order valence-electron chi connectivity index (χ1n) is 6.64. The number of nitrogens with two attached hydrogens (primary N) is 1. The number of hydrogen-bond acceptors (Lipinski definition) is 4. The maximum absolute atomic E-state index is 12.0. The molecule has 0 aliphatic heterocycles. The number of hydrogen-bond donors (Lipinski definition) is 3. The van der Waals surface area contributed by atoms with Gasteiger partial charge in [-0.15, -0.1) is 0 Å². The maximum atomic E-state index is 12.0. The molecule has 3 amide bonds. The number of amides is 3. The van der Waals surface area contributed by atoms with E-state index in [9.17, 15) is 9.59 Å². The molecule has 0 saturated carbocycles. The molecule has 0 aromatic heterocycles. The fraction of sp³-hybridized carbons (Fsp3) is 0.429. The minimum absolute atomic E-state index is 0.342. The number of imide groups is 1. The van der Waals surface area contributed by atoms with Crippen molar-refractivity contribution in [2.45, 2.75) is 19.4 Å². The highest BCUT2D eigenvalue weighted by Crippen LogP contribution is 2.16. The third-order valence-electron chi connectivity index (χ3n) is 3.00. The van der Waals surface area contributed by atoms with Gasteiger partial charge in [-0.25, -0.2) is 4.79 Å². The zero-order valence-corrected chi connectivity index (χ0v) is 11.9. The molecular weight excluding hydrogens is 256 g/mol. The Morgan fingerprint density at radius 1 is 1.30 bits per heavy atom. The molecule has 0 radical (unpaired) electrons. The summed E-state index contributed by atoms with van der Waals surface area (Å²) in [5, 5.41) is 4.66. The van der Waals surface area contributed by atoms with Crippen molar-refractivity contribution in [3.05, 3.63) is 30.3 Å². The monoisotopic (exact) mass is 278 g/mol. The van der Waals surface area contributed by atoms with Crippen LogP contribution in [0, 0.1) is 0 Å². The molecule has 0 saturated heterocycles. The third-order valence-corrected chi connectivity index (χ3v) is 3.00. The summed E-state index contributed by atoms with van der Waals surface area (Å²) in [6.45, 7) is 2.97. The average molecular weight is 278 g/mol. The van der Waals surface area contributed by atoms with Gasteiger partial charge in [-0.2, -0.15) is 0 Å². The Bertz CT molecular complexity index is 436. The lowest BCUT2D eigenvalue weighted by atomic mass is 10.2. The predicted molar refractivity (Wildman–Crippen MR) is 79.5 cm³/mol. The van der Waals surface area contributed by atoms with Crippen LogP contribution in [0.1, 0.15) is 13.3 Å². The van der Waals surface area contributed by atoms with Gasteiger partial charge in [0, 0.05) is 19.3 Å². The minimum atomic E-state index is -0.506. The van der Waals surface area contributed by atoms with Gasteiger partial charge in [0.25, 0.3) is 0 Å². The number of carbonyl (C=O) groups excluding carboxylic acids is 2. The van der Waals surface area contributed by atoms with Crippen molar-refractivity contribution in [3.63, 3.8) is 0 Å². The number of benzene rings is 1. The van der Waals surface area contributed by atoms with E-state index in [4.69, 9.17) is 5.73 Å². The third kappa shape index (κ3) is 4.55. The SMILES string of the molecule is CNC(=O)NC(=O)C(C)N(CCCN)c1ccccc1. The zero-order valence-electron chi connectivity index (χ0n) is 11.9. The van der Waals surface area contributed by atoms with Crippen LogP contribution in [-0.2, 0) is 4.79 Å². The van der Waals surface area contributed by atoms with Crippen molar-refractivity contribution in [1.29, 1.82) is 0 Å². The lowest BCUT2D eigenvalue weighted by Crippen LogP contribution is -2.49. The van der Waals surface area contributed by atoms with E-state index in [0.717, 1.165) is 12.1 Å². The van der Waals surface area contributed by atoms with Crippen molar-refractivity contribution in [2.75, 3.05) is 25.0 Å². The molecule has 1 unspecified atom stereocenters. The molecule has 110 valence electrons. The van der Waals surface area contributed by atoms with E-state index in [-0.39, 0.29) is 5.91 Å². The number of nitrogens with one attached hydrogen (secondary N) is 2. The summed E-state index contributed by atoms with van der Waals surface area (Å²) >= 11 is 0. The second-order valence-electron chi connectivity index (χ2n) is 4.42. The van der Waals surface area contributed by atoms with Gasteiger partial charge in [-0.05, 0) is 32.0 Å². The summed E-state index contributed by atoms with van der Waals surface area (Å²) in [5.41, 5.74) is 6.47. The van der Waals surface area contributed by atoms with Crippen LogP contribution in [0.3, 0.4) is 0 Å². The molecule has 0 spiro atoms. The van der Waals surface area contributed by atoms with Gasteiger partial charge in [0.15, 0.2) is 0 Å². The van der Waals surface area contributed by atoms with Crippen LogP contribution in [0.2, 0.25) is 0 Å². The van der Waals surface area contributed by atoms with E-state index in [1.165, 1.54) is 7.05 Å². The Hall–Kier alpha value is -2.08. The molecule has 1 aromatic rings. The second kappa shape index (κ2) is 8.16. The molecule has 1 atom stereocenters. The fourth-order valence-corrected chi connectivity index (χ4v) is 1.85. The van der Waals surface area contributed by atoms with E-state index < -0.39 is 12.1 Å². The van der Waals surface area contributed by atoms with E-state index in [0.29, 0.717) is 13.1 Å². The van der Waals surface area contributed by atoms with Crippen LogP contribution in [0.15, 0.2) is 30.3 Å². The number of anilines is 1. The standard InChI is InChI=1S/C14H22N4O2/c1-11(13(19)17-14(20)16-2)18(10-6-9-15)12-7-4-3-5-8-12/h3-5,7-8,11H,6,9-10,15H2,1-2H3,(H2,16,17,19,20). The summed E-state index contributed by atoms with van der Waals surface area (Å²) in [6, 6.07) is 8.64. The lowest BCUT2D eigenvalue weighted by molar-refractivity contribution is -0.121. The fourth-order valence-electron chi connectivity index (χ4n) is 1.85. The van der Waals surface area contributed by atoms with Gasteiger partial charge in [0.1, 0.15) is 6.04 Å². The van der Waals surface area contributed by atoms with Gasteiger partial charge >= 0.3 is 6.03 Å². The van der Waals surface area contributed by atoms with Gasteiger partial charge in [0.05, 0.1) is 0 Å². The van der Waals surface area contributed by atoms with Crippen LogP contribution < -0.4 is 21.3 Å². The molecule has 20 heavy (non-hydrogen) atoms. The summed E-state index contributed by atoms with van der Waals surface area (Å²) in [6.07, 6.45) is 0.770. The Morgan fingerprint density at radius 3 is 2.50 bits per heavy atom. The predicted octanol–water partition coefficient (Wildman–Crippen LogP) is 0.686. The largest absolute Gasteiger partial charge is 0.360 e. The van der Waals surface area contributed by atoms with E-state index in [1.54, 1.807) is 6.92 Å². The number of para-hydroxylation sites is 1. The highest BCUT2D eigenvalue weighted by atomic mass is 16.2. The van der Waals surface area contributed by atoms with Crippen molar-refractivity contribution < 1.29 is 9.59 Å². The topological polar surface area (TPSA) is 87.5 Å². The molecule has 0 heterocycles. The van der Waals surface area contributed by atoms with Crippen LogP contribution >= 0.6 is 0 Å². The Labute approximate surface area is 119 Å². The van der Waals surface area contributed by atoms with Crippen LogP contribution in [0.5, 0.6) is 0 Å². The van der Waals surface area contributed by atoms with Gasteiger partial charge in [-0.3, -0.25) is 10.1 Å². The Balaban J connectivity index is 2.82. The highest BCUT2D eigenvalue weighted by Gasteiger charge is 2.22. The van der Waals surface area contributed by atoms with Crippen LogP contribution in [-0.4, -0.2) is 38.1 Å². The number of nitrogens with zero attached hydrogens (tertiary/aromatic N) is 1. The lowest BCUT2D eigenvalue weighted by Gasteiger charge is -2.30. The molecule has 1 rings (SSSR count). The average Bonchev–Trinajstić information content (AvgIpc) is 2.48. The van der Waals surface area contributed by atoms with Crippen LogP contribution in [0.25, 0.3) is 0 Å². The second-order valence-corrected chi connectivity index (χ2v) is 4.42. The van der Waals surface area contributed by atoms with E-state index in [1.807, 2.05) is 35.2 Å². The first-order valence-corrected chi connectivity index (χ1v) is 6.64. The molecule has 0 bridgehead atoms. The smallest absolute Gasteiger partial charge is 0.321 e. The van der Waals surface area contributed by atoms with Crippen molar-refractivity contribution >= 4 is 17.6 Å². The molecule has 6 heteroatoms. The zero-order chi connectivity index (χ0) is 15.0. The number of carbonyl (C=O) groups is 2. The first kappa shape index (κ1) is 16.0. The number of urea groups is 1. The Kier molecular flexibility index (Phi) is 6.52. The molecule has 0 aliphatic carbocycles. The van der Waals surface area contributed by atoms with Crippen LogP contribution in [0.4, 0.5) is 10.5 Å².